The normalized spacial score (nSPS) is 20.4. The third kappa shape index (κ3) is 6.40. The van der Waals surface area contributed by atoms with E-state index in [9.17, 15) is 0 Å². The zero-order valence-electron chi connectivity index (χ0n) is 10.00. The summed E-state index contributed by atoms with van der Waals surface area (Å²) in [6.07, 6.45) is 0. The highest BCUT2D eigenvalue weighted by Gasteiger charge is 2.12. The molecule has 1 atom stereocenters. The molecule has 0 aromatic heterocycles. The van der Waals surface area contributed by atoms with Gasteiger partial charge in [0, 0.05) is 38.0 Å². The van der Waals surface area contributed by atoms with Gasteiger partial charge in [0.05, 0.1) is 13.2 Å². The molecule has 1 aliphatic heterocycles. The molecule has 1 saturated heterocycles. The molecule has 4 heteroatoms. The van der Waals surface area contributed by atoms with Crippen molar-refractivity contribution < 1.29 is 4.74 Å². The highest BCUT2D eigenvalue weighted by Crippen LogP contribution is 1.99. The van der Waals surface area contributed by atoms with Crippen LogP contribution in [0.5, 0.6) is 0 Å². The summed E-state index contributed by atoms with van der Waals surface area (Å²) in [5.41, 5.74) is 0. The van der Waals surface area contributed by atoms with Gasteiger partial charge in [-0.1, -0.05) is 6.92 Å². The van der Waals surface area contributed by atoms with E-state index in [1.54, 1.807) is 0 Å². The highest BCUT2D eigenvalue weighted by molar-refractivity contribution is 7.99. The van der Waals surface area contributed by atoms with E-state index in [1.807, 2.05) is 11.8 Å². The van der Waals surface area contributed by atoms with Crippen LogP contribution >= 0.6 is 11.8 Å². The van der Waals surface area contributed by atoms with E-state index >= 15 is 0 Å². The number of thioether (sulfide) groups is 1. The van der Waals surface area contributed by atoms with Crippen molar-refractivity contribution in [1.82, 2.24) is 10.2 Å². The van der Waals surface area contributed by atoms with Crippen LogP contribution < -0.4 is 5.32 Å². The summed E-state index contributed by atoms with van der Waals surface area (Å²) < 4.78 is 5.33. The van der Waals surface area contributed by atoms with E-state index in [1.165, 1.54) is 11.5 Å². The van der Waals surface area contributed by atoms with Crippen LogP contribution in [0.3, 0.4) is 0 Å². The highest BCUT2D eigenvalue weighted by atomic mass is 32.2. The standard InChI is InChI=1S/C11H24N2OS/c1-3-15-9-4-12-11(2)10-13-5-7-14-8-6-13/h11-12H,3-10H2,1-2H3. The number of hydrogen-bond donors (Lipinski definition) is 1. The Kier molecular flexibility index (Phi) is 7.44. The smallest absolute Gasteiger partial charge is 0.0594 e. The largest absolute Gasteiger partial charge is 0.379 e. The summed E-state index contributed by atoms with van der Waals surface area (Å²) in [7, 11) is 0. The van der Waals surface area contributed by atoms with Crippen molar-refractivity contribution in [1.29, 1.82) is 0 Å². The van der Waals surface area contributed by atoms with Gasteiger partial charge in [0.25, 0.3) is 0 Å². The van der Waals surface area contributed by atoms with Crippen LogP contribution in [0.25, 0.3) is 0 Å². The fourth-order valence-electron chi connectivity index (χ4n) is 1.76. The fourth-order valence-corrected chi connectivity index (χ4v) is 2.31. The predicted octanol–water partition coefficient (Wildman–Crippen LogP) is 1.05. The quantitative estimate of drug-likeness (QED) is 0.663. The van der Waals surface area contributed by atoms with E-state index < -0.39 is 0 Å². The maximum absolute atomic E-state index is 5.33. The van der Waals surface area contributed by atoms with Gasteiger partial charge >= 0.3 is 0 Å². The predicted molar refractivity (Wildman–Crippen MR) is 67.7 cm³/mol. The second-order valence-electron chi connectivity index (χ2n) is 3.97. The molecule has 0 amide bonds. The molecule has 0 spiro atoms. The second kappa shape index (κ2) is 8.39. The van der Waals surface area contributed by atoms with Crippen molar-refractivity contribution >= 4 is 11.8 Å². The Morgan fingerprint density at radius 3 is 2.80 bits per heavy atom. The molecule has 1 unspecified atom stereocenters. The molecular weight excluding hydrogens is 208 g/mol. The first-order valence-corrected chi connectivity index (χ1v) is 7.09. The molecule has 0 aliphatic carbocycles. The molecule has 0 radical (unpaired) electrons. The molecule has 0 saturated carbocycles. The van der Waals surface area contributed by atoms with Crippen LogP contribution in [0.1, 0.15) is 13.8 Å². The minimum atomic E-state index is 0.598. The van der Waals surface area contributed by atoms with Gasteiger partial charge in [-0.15, -0.1) is 0 Å². The first-order chi connectivity index (χ1) is 7.33. The minimum Gasteiger partial charge on any atom is -0.379 e. The Morgan fingerprint density at radius 2 is 2.13 bits per heavy atom. The topological polar surface area (TPSA) is 24.5 Å². The van der Waals surface area contributed by atoms with E-state index in [4.69, 9.17) is 4.74 Å². The maximum Gasteiger partial charge on any atom is 0.0594 e. The lowest BCUT2D eigenvalue weighted by molar-refractivity contribution is 0.0345. The van der Waals surface area contributed by atoms with E-state index in [0.29, 0.717) is 6.04 Å². The molecule has 15 heavy (non-hydrogen) atoms. The van der Waals surface area contributed by atoms with Crippen molar-refractivity contribution in [2.45, 2.75) is 19.9 Å². The average molecular weight is 232 g/mol. The maximum atomic E-state index is 5.33. The third-order valence-electron chi connectivity index (χ3n) is 2.58. The van der Waals surface area contributed by atoms with Crippen LogP contribution in [0, 0.1) is 0 Å². The second-order valence-corrected chi connectivity index (χ2v) is 5.36. The van der Waals surface area contributed by atoms with Gasteiger partial charge in [-0.3, -0.25) is 4.90 Å². The van der Waals surface area contributed by atoms with Gasteiger partial charge in [-0.05, 0) is 12.7 Å². The van der Waals surface area contributed by atoms with Gasteiger partial charge in [0.15, 0.2) is 0 Å². The fraction of sp³-hybridized carbons (Fsp3) is 1.00. The summed E-state index contributed by atoms with van der Waals surface area (Å²) >= 11 is 2.00. The average Bonchev–Trinajstić information content (AvgIpc) is 2.26. The molecule has 0 aromatic rings. The molecule has 1 aliphatic rings. The van der Waals surface area contributed by atoms with Crippen molar-refractivity contribution in [2.75, 3.05) is 50.9 Å². The van der Waals surface area contributed by atoms with Crippen LogP contribution in [-0.2, 0) is 4.74 Å². The third-order valence-corrected chi connectivity index (χ3v) is 3.48. The Balaban J connectivity index is 1.98. The molecule has 0 bridgehead atoms. The van der Waals surface area contributed by atoms with Crippen LogP contribution in [0.2, 0.25) is 0 Å². The van der Waals surface area contributed by atoms with E-state index in [0.717, 1.165) is 39.4 Å². The SMILES string of the molecule is CCSCCNC(C)CN1CCOCC1. The Labute approximate surface area is 97.9 Å². The number of ether oxygens (including phenoxy) is 1. The zero-order chi connectivity index (χ0) is 10.9. The van der Waals surface area contributed by atoms with E-state index in [2.05, 4.69) is 24.1 Å². The zero-order valence-corrected chi connectivity index (χ0v) is 10.8. The first-order valence-electron chi connectivity index (χ1n) is 5.94. The molecule has 1 fully saturated rings. The van der Waals surface area contributed by atoms with Crippen molar-refractivity contribution in [3.8, 4) is 0 Å². The van der Waals surface area contributed by atoms with Crippen LogP contribution in [0.15, 0.2) is 0 Å². The lowest BCUT2D eigenvalue weighted by atomic mass is 10.3. The van der Waals surface area contributed by atoms with Gasteiger partial charge in [0.2, 0.25) is 0 Å². The molecule has 1 N–H and O–H groups in total. The Bertz CT molecular complexity index is 152. The van der Waals surface area contributed by atoms with Gasteiger partial charge in [-0.25, -0.2) is 0 Å². The molecule has 90 valence electrons. The monoisotopic (exact) mass is 232 g/mol. The molecular formula is C11H24N2OS. The van der Waals surface area contributed by atoms with Crippen LogP contribution in [0.4, 0.5) is 0 Å². The lowest BCUT2D eigenvalue weighted by Crippen LogP contribution is -2.44. The molecule has 3 nitrogen and oxygen atoms in total. The number of nitrogens with zero attached hydrogens (tertiary/aromatic N) is 1. The Morgan fingerprint density at radius 1 is 1.40 bits per heavy atom. The minimum absolute atomic E-state index is 0.598. The van der Waals surface area contributed by atoms with Gasteiger partial charge in [0.1, 0.15) is 0 Å². The first kappa shape index (κ1) is 13.3. The summed E-state index contributed by atoms with van der Waals surface area (Å²) in [4.78, 5) is 2.48. The number of nitrogens with one attached hydrogen (secondary N) is 1. The van der Waals surface area contributed by atoms with Crippen molar-refractivity contribution in [3.63, 3.8) is 0 Å². The summed E-state index contributed by atoms with van der Waals surface area (Å²) in [5, 5.41) is 3.56. The molecule has 0 aromatic carbocycles. The summed E-state index contributed by atoms with van der Waals surface area (Å²) in [5.74, 6) is 2.45. The lowest BCUT2D eigenvalue weighted by Gasteiger charge is -2.29. The summed E-state index contributed by atoms with van der Waals surface area (Å²) in [6.45, 7) is 10.8. The number of morpholine rings is 1. The van der Waals surface area contributed by atoms with Crippen molar-refractivity contribution in [2.24, 2.45) is 0 Å². The van der Waals surface area contributed by atoms with Gasteiger partial charge < -0.3 is 10.1 Å². The Hall–Kier alpha value is 0.230. The molecule has 1 heterocycles. The van der Waals surface area contributed by atoms with Gasteiger partial charge in [-0.2, -0.15) is 11.8 Å². The van der Waals surface area contributed by atoms with Crippen molar-refractivity contribution in [3.05, 3.63) is 0 Å². The summed E-state index contributed by atoms with van der Waals surface area (Å²) in [6, 6.07) is 0.598. The molecule has 1 rings (SSSR count). The number of rotatable bonds is 7. The number of hydrogen-bond acceptors (Lipinski definition) is 4. The van der Waals surface area contributed by atoms with Crippen LogP contribution in [-0.4, -0.2) is 61.8 Å². The van der Waals surface area contributed by atoms with E-state index in [-0.39, 0.29) is 0 Å².